The van der Waals surface area contributed by atoms with E-state index in [1.54, 1.807) is 0 Å². The van der Waals surface area contributed by atoms with Crippen molar-refractivity contribution in [3.63, 3.8) is 0 Å². The Labute approximate surface area is 125 Å². The average molecular weight is 307 g/mol. The third-order valence-electron chi connectivity index (χ3n) is 2.78. The van der Waals surface area contributed by atoms with E-state index in [2.05, 4.69) is 9.47 Å². The first kappa shape index (κ1) is 17.0. The molecule has 1 aromatic rings. The van der Waals surface area contributed by atoms with Crippen LogP contribution in [0.15, 0.2) is 29.8 Å². The molecule has 0 aliphatic carbocycles. The molecule has 0 saturated carbocycles. The number of nitro benzene ring substituents is 1. The Morgan fingerprint density at radius 3 is 2.00 bits per heavy atom. The Balaban J connectivity index is 3.20. The predicted molar refractivity (Wildman–Crippen MR) is 74.7 cm³/mol. The number of carbonyl (C=O) groups excluding carboxylic acids is 3. The van der Waals surface area contributed by atoms with Gasteiger partial charge in [-0.25, -0.2) is 0 Å². The van der Waals surface area contributed by atoms with E-state index in [1.165, 1.54) is 30.3 Å². The third-order valence-corrected chi connectivity index (χ3v) is 2.78. The molecule has 0 bridgehead atoms. The van der Waals surface area contributed by atoms with Gasteiger partial charge in [-0.3, -0.25) is 24.5 Å². The smallest absolute Gasteiger partial charge is 0.324 e. The number of ether oxygens (including phenoxy) is 2. The van der Waals surface area contributed by atoms with E-state index in [-0.39, 0.29) is 11.3 Å². The van der Waals surface area contributed by atoms with Crippen molar-refractivity contribution in [2.24, 2.45) is 5.92 Å². The van der Waals surface area contributed by atoms with Crippen molar-refractivity contribution in [2.75, 3.05) is 14.2 Å². The molecule has 0 aliphatic rings. The maximum atomic E-state index is 11.6. The number of hydrogen-bond acceptors (Lipinski definition) is 7. The minimum Gasteiger partial charge on any atom is -0.468 e. The Kier molecular flexibility index (Phi) is 5.94. The zero-order valence-electron chi connectivity index (χ0n) is 11.8. The highest BCUT2D eigenvalue weighted by Crippen LogP contribution is 2.19. The highest BCUT2D eigenvalue weighted by molar-refractivity contribution is 6.05. The lowest BCUT2D eigenvalue weighted by Gasteiger charge is -2.12. The van der Waals surface area contributed by atoms with Gasteiger partial charge in [-0.15, -0.1) is 0 Å². The molecule has 0 fully saturated rings. The molecular formula is C14H13NO7. The predicted octanol–water partition coefficient (Wildman–Crippen LogP) is 1.14. The summed E-state index contributed by atoms with van der Waals surface area (Å²) in [5, 5.41) is 10.6. The van der Waals surface area contributed by atoms with Crippen LogP contribution in [-0.2, 0) is 23.9 Å². The largest absolute Gasteiger partial charge is 0.468 e. The quantitative estimate of drug-likeness (QED) is 0.193. The minimum absolute atomic E-state index is 0.123. The van der Waals surface area contributed by atoms with Crippen LogP contribution in [0.25, 0.3) is 6.08 Å². The molecule has 8 nitrogen and oxygen atoms in total. The first-order chi connectivity index (χ1) is 10.4. The van der Waals surface area contributed by atoms with E-state index in [4.69, 9.17) is 0 Å². The van der Waals surface area contributed by atoms with Gasteiger partial charge in [0.15, 0.2) is 5.92 Å². The van der Waals surface area contributed by atoms with Crippen molar-refractivity contribution in [3.8, 4) is 0 Å². The number of benzene rings is 1. The standard InChI is InChI=1S/C14H13NO7/c1-21-13(17)12(14(18)22-2)10(8-16)7-9-3-5-11(6-4-9)15(19)20/h3-8,12H,1-2H3/b10-7-. The molecule has 0 radical (unpaired) electrons. The van der Waals surface area contributed by atoms with Gasteiger partial charge >= 0.3 is 11.9 Å². The summed E-state index contributed by atoms with van der Waals surface area (Å²) in [4.78, 5) is 44.4. The molecule has 0 heterocycles. The van der Waals surface area contributed by atoms with Crippen LogP contribution in [0.4, 0.5) is 5.69 Å². The number of nitro groups is 1. The Morgan fingerprint density at radius 2 is 1.64 bits per heavy atom. The van der Waals surface area contributed by atoms with Crippen LogP contribution in [0.2, 0.25) is 0 Å². The van der Waals surface area contributed by atoms with Crippen LogP contribution in [0.3, 0.4) is 0 Å². The fourth-order valence-corrected chi connectivity index (χ4v) is 1.67. The maximum absolute atomic E-state index is 11.6. The molecule has 0 aliphatic heterocycles. The van der Waals surface area contributed by atoms with E-state index in [9.17, 15) is 24.5 Å². The van der Waals surface area contributed by atoms with Crippen molar-refractivity contribution in [2.45, 2.75) is 0 Å². The highest BCUT2D eigenvalue weighted by Gasteiger charge is 2.32. The lowest BCUT2D eigenvalue weighted by Crippen LogP contribution is -2.28. The van der Waals surface area contributed by atoms with Crippen molar-refractivity contribution in [1.29, 1.82) is 0 Å². The molecular weight excluding hydrogens is 294 g/mol. The van der Waals surface area contributed by atoms with Gasteiger partial charge in [0.25, 0.3) is 5.69 Å². The van der Waals surface area contributed by atoms with E-state index in [0.29, 0.717) is 11.8 Å². The van der Waals surface area contributed by atoms with Crippen LogP contribution < -0.4 is 0 Å². The molecule has 0 saturated heterocycles. The Morgan fingerprint density at radius 1 is 1.14 bits per heavy atom. The molecule has 116 valence electrons. The van der Waals surface area contributed by atoms with Gasteiger partial charge in [0.05, 0.1) is 19.1 Å². The molecule has 8 heteroatoms. The van der Waals surface area contributed by atoms with Crippen LogP contribution in [0, 0.1) is 16.0 Å². The normalized spacial score (nSPS) is 11.0. The molecule has 0 amide bonds. The number of hydrogen-bond donors (Lipinski definition) is 0. The van der Waals surface area contributed by atoms with Crippen molar-refractivity contribution >= 4 is 30.0 Å². The number of non-ortho nitro benzene ring substituents is 1. The summed E-state index contributed by atoms with van der Waals surface area (Å²) < 4.78 is 8.96. The van der Waals surface area contributed by atoms with Crippen LogP contribution >= 0.6 is 0 Å². The Hall–Kier alpha value is -3.03. The van der Waals surface area contributed by atoms with Gasteiger partial charge in [-0.05, 0) is 23.8 Å². The minimum atomic E-state index is -1.51. The second-order valence-corrected chi connectivity index (χ2v) is 4.09. The van der Waals surface area contributed by atoms with E-state index < -0.39 is 22.8 Å². The lowest BCUT2D eigenvalue weighted by molar-refractivity contribution is -0.384. The van der Waals surface area contributed by atoms with Crippen molar-refractivity contribution in [1.82, 2.24) is 0 Å². The third kappa shape index (κ3) is 3.98. The number of aldehydes is 1. The number of rotatable bonds is 6. The number of carbonyl (C=O) groups is 3. The average Bonchev–Trinajstić information content (AvgIpc) is 2.53. The number of methoxy groups -OCH3 is 2. The van der Waals surface area contributed by atoms with Crippen LogP contribution in [0.5, 0.6) is 0 Å². The second kappa shape index (κ2) is 7.67. The van der Waals surface area contributed by atoms with Crippen LogP contribution in [0.1, 0.15) is 5.56 Å². The maximum Gasteiger partial charge on any atom is 0.324 e. The van der Waals surface area contributed by atoms with Crippen LogP contribution in [-0.4, -0.2) is 37.4 Å². The lowest BCUT2D eigenvalue weighted by atomic mass is 9.98. The van der Waals surface area contributed by atoms with E-state index in [1.807, 2.05) is 0 Å². The summed E-state index contributed by atoms with van der Waals surface area (Å²) in [6.07, 6.45) is 1.59. The molecule has 0 atom stereocenters. The van der Waals surface area contributed by atoms with Gasteiger partial charge in [0.2, 0.25) is 0 Å². The molecule has 0 N–H and O–H groups in total. The first-order valence-electron chi connectivity index (χ1n) is 6.01. The highest BCUT2D eigenvalue weighted by atomic mass is 16.6. The topological polar surface area (TPSA) is 113 Å². The molecule has 22 heavy (non-hydrogen) atoms. The summed E-state index contributed by atoms with van der Waals surface area (Å²) in [6.45, 7) is 0. The van der Waals surface area contributed by atoms with Crippen molar-refractivity contribution < 1.29 is 28.8 Å². The van der Waals surface area contributed by atoms with Crippen molar-refractivity contribution in [3.05, 3.63) is 45.5 Å². The monoisotopic (exact) mass is 307 g/mol. The molecule has 1 rings (SSSR count). The summed E-state index contributed by atoms with van der Waals surface area (Å²) in [5.74, 6) is -3.39. The zero-order valence-corrected chi connectivity index (χ0v) is 11.8. The zero-order chi connectivity index (χ0) is 16.7. The fourth-order valence-electron chi connectivity index (χ4n) is 1.67. The summed E-state index contributed by atoms with van der Waals surface area (Å²) >= 11 is 0. The summed E-state index contributed by atoms with van der Waals surface area (Å²) in [5.41, 5.74) is 0.111. The van der Waals surface area contributed by atoms with Gasteiger partial charge in [0.1, 0.15) is 6.29 Å². The first-order valence-corrected chi connectivity index (χ1v) is 6.01. The van der Waals surface area contributed by atoms with Gasteiger partial charge in [-0.2, -0.15) is 0 Å². The molecule has 1 aromatic carbocycles. The SMILES string of the molecule is COC(=O)C(C(=O)OC)/C(C=O)=C\c1ccc([N+](=O)[O-])cc1. The van der Waals surface area contributed by atoms with Gasteiger partial charge in [-0.1, -0.05) is 0 Å². The Bertz CT molecular complexity index is 603. The van der Waals surface area contributed by atoms with E-state index in [0.717, 1.165) is 14.2 Å². The molecule has 0 aromatic heterocycles. The van der Waals surface area contributed by atoms with E-state index >= 15 is 0 Å². The summed E-state index contributed by atoms with van der Waals surface area (Å²) in [7, 11) is 2.15. The number of nitrogens with zero attached hydrogens (tertiary/aromatic N) is 1. The van der Waals surface area contributed by atoms with Gasteiger partial charge in [0, 0.05) is 17.7 Å². The van der Waals surface area contributed by atoms with Gasteiger partial charge < -0.3 is 9.47 Å². The molecule has 0 spiro atoms. The fraction of sp³-hybridized carbons (Fsp3) is 0.214. The number of esters is 2. The molecule has 0 unspecified atom stereocenters. The second-order valence-electron chi connectivity index (χ2n) is 4.09. The summed E-state index contributed by atoms with van der Waals surface area (Å²) in [6, 6.07) is 5.24.